The van der Waals surface area contributed by atoms with Gasteiger partial charge in [0.05, 0.1) is 6.04 Å². The van der Waals surface area contributed by atoms with Crippen LogP contribution < -0.4 is 33.6 Å². The van der Waals surface area contributed by atoms with Crippen LogP contribution in [0, 0.1) is 0 Å². The lowest BCUT2D eigenvalue weighted by Gasteiger charge is -2.28. The Hall–Kier alpha value is -4.17. The van der Waals surface area contributed by atoms with E-state index in [-0.39, 0.29) is 24.7 Å². The number of carbonyl (C=O) groups is 4. The topological polar surface area (TPSA) is 248 Å². The SMILES string of the molecule is NCCCCC(NC(=O)C(Cc1c[nH]c2ccccc12)NC(=O)C1CCCN1C(=O)C(N)CCCN=C(N)N)C(=O)O. The van der Waals surface area contributed by atoms with Crippen LogP contribution in [0.25, 0.3) is 10.9 Å². The second kappa shape index (κ2) is 15.7. The number of H-pyrrole nitrogens is 1. The summed E-state index contributed by atoms with van der Waals surface area (Å²) in [7, 11) is 0. The number of benzene rings is 1. The van der Waals surface area contributed by atoms with Crippen LogP contribution in [-0.2, 0) is 25.6 Å². The molecule has 2 heterocycles. The van der Waals surface area contributed by atoms with E-state index in [4.69, 9.17) is 22.9 Å². The van der Waals surface area contributed by atoms with Crippen molar-refractivity contribution < 1.29 is 24.3 Å². The Morgan fingerprint density at radius 1 is 1.07 bits per heavy atom. The van der Waals surface area contributed by atoms with Crippen LogP contribution in [0.2, 0.25) is 0 Å². The van der Waals surface area contributed by atoms with Crippen LogP contribution in [-0.4, -0.2) is 88.4 Å². The standard InChI is InChI=1S/C28H43N9O5/c29-12-4-3-10-21(27(41)42)35-24(38)22(15-17-16-34-20-9-2-1-7-18(17)20)36-25(39)23-11-6-14-37(23)26(40)19(30)8-5-13-33-28(31)32/h1-2,7,9,16,19,21-23,34H,3-6,8,10-15,29-30H2,(H,35,38)(H,36,39)(H,41,42)(H4,31,32,33). The number of carbonyl (C=O) groups excluding carboxylic acids is 3. The maximum absolute atomic E-state index is 13.5. The summed E-state index contributed by atoms with van der Waals surface area (Å²) >= 11 is 0. The van der Waals surface area contributed by atoms with Crippen LogP contribution in [0.1, 0.15) is 50.5 Å². The van der Waals surface area contributed by atoms with Gasteiger partial charge in [0, 0.05) is 36.6 Å². The molecular weight excluding hydrogens is 542 g/mol. The summed E-state index contributed by atoms with van der Waals surface area (Å²) in [4.78, 5) is 60.5. The third-order valence-electron chi connectivity index (χ3n) is 7.42. The molecule has 14 nitrogen and oxygen atoms in total. The fourth-order valence-electron chi connectivity index (χ4n) is 5.18. The number of rotatable bonds is 16. The number of likely N-dealkylation sites (tertiary alicyclic amines) is 1. The predicted molar refractivity (Wildman–Crippen MR) is 159 cm³/mol. The van der Waals surface area contributed by atoms with Gasteiger partial charge in [-0.2, -0.15) is 0 Å². The molecule has 3 amide bonds. The number of aliphatic carboxylic acids is 1. The largest absolute Gasteiger partial charge is 0.480 e. The highest BCUT2D eigenvalue weighted by molar-refractivity contribution is 5.95. The number of nitrogens with one attached hydrogen (secondary N) is 3. The highest BCUT2D eigenvalue weighted by atomic mass is 16.4. The first-order valence-corrected chi connectivity index (χ1v) is 14.3. The molecule has 14 heteroatoms. The van der Waals surface area contributed by atoms with Crippen molar-refractivity contribution in [3.8, 4) is 0 Å². The molecule has 42 heavy (non-hydrogen) atoms. The summed E-state index contributed by atoms with van der Waals surface area (Å²) in [5, 5.41) is 16.0. The number of aliphatic imine (C=N–C) groups is 1. The summed E-state index contributed by atoms with van der Waals surface area (Å²) in [6.07, 6.45) is 5.09. The normalized spacial score (nSPS) is 16.9. The number of amides is 3. The van der Waals surface area contributed by atoms with Gasteiger partial charge in [-0.1, -0.05) is 18.2 Å². The Kier molecular flexibility index (Phi) is 12.1. The smallest absolute Gasteiger partial charge is 0.326 e. The molecule has 3 rings (SSSR count). The number of nitrogens with zero attached hydrogens (tertiary/aromatic N) is 2. The summed E-state index contributed by atoms with van der Waals surface area (Å²) in [6.45, 7) is 1.11. The van der Waals surface area contributed by atoms with Crippen molar-refractivity contribution in [2.75, 3.05) is 19.6 Å². The zero-order valence-corrected chi connectivity index (χ0v) is 23.8. The quantitative estimate of drug-likeness (QED) is 0.0701. The molecule has 0 radical (unpaired) electrons. The Morgan fingerprint density at radius 3 is 2.55 bits per heavy atom. The maximum atomic E-state index is 13.5. The molecule has 1 aliphatic heterocycles. The zero-order valence-electron chi connectivity index (χ0n) is 23.8. The highest BCUT2D eigenvalue weighted by Gasteiger charge is 2.38. The number of fused-ring (bicyclic) bond motifs is 1. The lowest BCUT2D eigenvalue weighted by Crippen LogP contribution is -2.57. The van der Waals surface area contributed by atoms with E-state index in [9.17, 15) is 24.3 Å². The summed E-state index contributed by atoms with van der Waals surface area (Å²) in [5.74, 6) is -2.69. The van der Waals surface area contributed by atoms with Gasteiger partial charge >= 0.3 is 5.97 Å². The Balaban J connectivity index is 1.75. The number of guanidine groups is 1. The Labute approximate surface area is 244 Å². The van der Waals surface area contributed by atoms with Gasteiger partial charge < -0.3 is 48.6 Å². The molecule has 230 valence electrons. The number of aromatic amines is 1. The first-order chi connectivity index (χ1) is 20.1. The third-order valence-corrected chi connectivity index (χ3v) is 7.42. The molecule has 0 aliphatic carbocycles. The van der Waals surface area contributed by atoms with Crippen molar-refractivity contribution in [3.05, 3.63) is 36.0 Å². The van der Waals surface area contributed by atoms with Gasteiger partial charge in [-0.25, -0.2) is 4.79 Å². The van der Waals surface area contributed by atoms with E-state index in [1.54, 1.807) is 6.20 Å². The van der Waals surface area contributed by atoms with Gasteiger partial charge in [-0.3, -0.25) is 19.4 Å². The number of unbranched alkanes of at least 4 members (excludes halogenated alkanes) is 1. The van der Waals surface area contributed by atoms with Crippen molar-refractivity contribution in [3.63, 3.8) is 0 Å². The van der Waals surface area contributed by atoms with Crippen molar-refractivity contribution in [1.29, 1.82) is 0 Å². The van der Waals surface area contributed by atoms with Gasteiger partial charge in [-0.05, 0) is 63.1 Å². The van der Waals surface area contributed by atoms with Gasteiger partial charge in [0.15, 0.2) is 5.96 Å². The number of hydrogen-bond acceptors (Lipinski definition) is 7. The number of para-hydroxylation sites is 1. The van der Waals surface area contributed by atoms with Crippen LogP contribution in [0.15, 0.2) is 35.5 Å². The third kappa shape index (κ3) is 8.91. The molecule has 0 spiro atoms. The number of aromatic nitrogens is 1. The lowest BCUT2D eigenvalue weighted by molar-refractivity contribution is -0.143. The zero-order chi connectivity index (χ0) is 30.6. The van der Waals surface area contributed by atoms with Gasteiger partial charge in [-0.15, -0.1) is 0 Å². The maximum Gasteiger partial charge on any atom is 0.326 e. The van der Waals surface area contributed by atoms with E-state index in [2.05, 4.69) is 20.6 Å². The summed E-state index contributed by atoms with van der Waals surface area (Å²) in [5.41, 5.74) is 24.0. The molecule has 0 bridgehead atoms. The van der Waals surface area contributed by atoms with E-state index in [1.165, 1.54) is 4.90 Å². The molecule has 2 aromatic rings. The Morgan fingerprint density at radius 2 is 1.83 bits per heavy atom. The van der Waals surface area contributed by atoms with Crippen molar-refractivity contribution in [2.24, 2.45) is 27.9 Å². The minimum absolute atomic E-state index is 0.0392. The van der Waals surface area contributed by atoms with E-state index in [0.29, 0.717) is 58.2 Å². The van der Waals surface area contributed by atoms with E-state index < -0.39 is 42.0 Å². The molecule has 1 aromatic carbocycles. The van der Waals surface area contributed by atoms with Gasteiger partial charge in [0.1, 0.15) is 18.1 Å². The molecule has 1 aliphatic rings. The second-order valence-corrected chi connectivity index (χ2v) is 10.6. The highest BCUT2D eigenvalue weighted by Crippen LogP contribution is 2.22. The van der Waals surface area contributed by atoms with Crippen LogP contribution >= 0.6 is 0 Å². The van der Waals surface area contributed by atoms with Crippen LogP contribution in [0.3, 0.4) is 0 Å². The first kappa shape index (κ1) is 32.3. The summed E-state index contributed by atoms with van der Waals surface area (Å²) < 4.78 is 0. The molecule has 1 saturated heterocycles. The molecule has 4 unspecified atom stereocenters. The molecule has 1 aromatic heterocycles. The van der Waals surface area contributed by atoms with Gasteiger partial charge in [0.25, 0.3) is 0 Å². The molecular formula is C28H43N9O5. The molecule has 4 atom stereocenters. The van der Waals surface area contributed by atoms with Crippen LogP contribution in [0.5, 0.6) is 0 Å². The van der Waals surface area contributed by atoms with Crippen molar-refractivity contribution in [2.45, 2.75) is 75.5 Å². The average molecular weight is 586 g/mol. The van der Waals surface area contributed by atoms with E-state index >= 15 is 0 Å². The van der Waals surface area contributed by atoms with Crippen molar-refractivity contribution >= 4 is 40.6 Å². The number of hydrogen-bond donors (Lipinski definition) is 8. The van der Waals surface area contributed by atoms with Crippen molar-refractivity contribution in [1.82, 2.24) is 20.5 Å². The van der Waals surface area contributed by atoms with Gasteiger partial charge in [0.2, 0.25) is 17.7 Å². The minimum Gasteiger partial charge on any atom is -0.480 e. The molecule has 12 N–H and O–H groups in total. The Bertz CT molecular complexity index is 1260. The fourth-order valence-corrected chi connectivity index (χ4v) is 5.18. The van der Waals surface area contributed by atoms with Crippen LogP contribution in [0.4, 0.5) is 0 Å². The fraction of sp³-hybridized carbons (Fsp3) is 0.536. The first-order valence-electron chi connectivity index (χ1n) is 14.3. The monoisotopic (exact) mass is 585 g/mol. The average Bonchev–Trinajstić information content (AvgIpc) is 3.61. The second-order valence-electron chi connectivity index (χ2n) is 10.6. The number of carboxylic acid groups (broad SMARTS) is 1. The predicted octanol–water partition coefficient (Wildman–Crippen LogP) is -0.734. The van der Waals surface area contributed by atoms with E-state index in [0.717, 1.165) is 16.5 Å². The molecule has 0 saturated carbocycles. The van der Waals surface area contributed by atoms with E-state index in [1.807, 2.05) is 24.3 Å². The number of nitrogens with two attached hydrogens (primary N) is 4. The lowest BCUT2D eigenvalue weighted by atomic mass is 10.0. The minimum atomic E-state index is -1.17. The molecule has 1 fully saturated rings. The summed E-state index contributed by atoms with van der Waals surface area (Å²) in [6, 6.07) is 3.69. The number of carboxylic acids is 1.